The van der Waals surface area contributed by atoms with E-state index in [0.29, 0.717) is 0 Å². The molecule has 0 aromatic heterocycles. The largest absolute Gasteiger partial charge is 0.391 e. The summed E-state index contributed by atoms with van der Waals surface area (Å²) < 4.78 is 0. The second-order valence-electron chi connectivity index (χ2n) is 4.75. The molecule has 0 radical (unpaired) electrons. The van der Waals surface area contributed by atoms with Crippen molar-refractivity contribution in [3.05, 3.63) is 0 Å². The molecule has 1 N–H and O–H groups in total. The third-order valence-electron chi connectivity index (χ3n) is 3.28. The molecule has 0 spiro atoms. The number of nitrogens with zero attached hydrogens (tertiary/aromatic N) is 1. The summed E-state index contributed by atoms with van der Waals surface area (Å²) in [5.41, 5.74) is 0.0758. The smallest absolute Gasteiger partial charge is 0.0736 e. The lowest BCUT2D eigenvalue weighted by molar-refractivity contribution is 0.0507. The first-order valence-corrected chi connectivity index (χ1v) is 4.20. The normalized spacial score (nSPS) is 36.0. The van der Waals surface area contributed by atoms with Gasteiger partial charge in [0.05, 0.1) is 6.10 Å². The number of hydrogen-bond acceptors (Lipinski definition) is 2. The minimum Gasteiger partial charge on any atom is -0.391 e. The van der Waals surface area contributed by atoms with Crippen LogP contribution in [0.5, 0.6) is 0 Å². The molecule has 1 fully saturated rings. The van der Waals surface area contributed by atoms with Crippen molar-refractivity contribution in [2.45, 2.75) is 51.3 Å². The number of rotatable bonds is 0. The Labute approximate surface area is 69.2 Å². The third-order valence-corrected chi connectivity index (χ3v) is 3.28. The summed E-state index contributed by atoms with van der Waals surface area (Å²) in [6.07, 6.45) is 0.679. The van der Waals surface area contributed by atoms with Gasteiger partial charge in [-0.2, -0.15) is 0 Å². The van der Waals surface area contributed by atoms with Crippen molar-refractivity contribution in [3.63, 3.8) is 0 Å². The summed E-state index contributed by atoms with van der Waals surface area (Å²) >= 11 is 0. The zero-order valence-corrected chi connectivity index (χ0v) is 8.18. The quantitative estimate of drug-likeness (QED) is 0.572. The SMILES string of the molecule is CN1C(C)(C)CC(O)C1(C)C. The van der Waals surface area contributed by atoms with Crippen LogP contribution in [0, 0.1) is 0 Å². The van der Waals surface area contributed by atoms with Crippen LogP contribution in [0.4, 0.5) is 0 Å². The van der Waals surface area contributed by atoms with Crippen LogP contribution >= 0.6 is 0 Å². The van der Waals surface area contributed by atoms with E-state index < -0.39 is 0 Å². The van der Waals surface area contributed by atoms with E-state index in [2.05, 4.69) is 39.6 Å². The molecule has 1 rings (SSSR count). The van der Waals surface area contributed by atoms with E-state index in [1.807, 2.05) is 0 Å². The van der Waals surface area contributed by atoms with E-state index >= 15 is 0 Å². The van der Waals surface area contributed by atoms with E-state index in [0.717, 1.165) is 6.42 Å². The minimum absolute atomic E-state index is 0.0660. The van der Waals surface area contributed by atoms with Gasteiger partial charge in [0, 0.05) is 11.1 Å². The fraction of sp³-hybridized carbons (Fsp3) is 1.00. The van der Waals surface area contributed by atoms with Gasteiger partial charge in [-0.15, -0.1) is 0 Å². The molecule has 1 aliphatic heterocycles. The molecule has 66 valence electrons. The van der Waals surface area contributed by atoms with Gasteiger partial charge in [0.1, 0.15) is 0 Å². The predicted molar refractivity (Wildman–Crippen MR) is 46.5 cm³/mol. The van der Waals surface area contributed by atoms with Crippen molar-refractivity contribution in [2.24, 2.45) is 0 Å². The molecule has 0 bridgehead atoms. The fourth-order valence-electron chi connectivity index (χ4n) is 1.86. The number of likely N-dealkylation sites (N-methyl/N-ethyl adjacent to an activating group) is 1. The average Bonchev–Trinajstić information content (AvgIpc) is 1.94. The summed E-state index contributed by atoms with van der Waals surface area (Å²) in [6, 6.07) is 0. The summed E-state index contributed by atoms with van der Waals surface area (Å²) in [4.78, 5) is 2.25. The Morgan fingerprint density at radius 1 is 1.27 bits per heavy atom. The highest BCUT2D eigenvalue weighted by atomic mass is 16.3. The van der Waals surface area contributed by atoms with Crippen molar-refractivity contribution in [1.29, 1.82) is 0 Å². The van der Waals surface area contributed by atoms with Gasteiger partial charge >= 0.3 is 0 Å². The first-order chi connectivity index (χ1) is 4.78. The Bertz CT molecular complexity index is 163. The maximum atomic E-state index is 9.72. The van der Waals surface area contributed by atoms with E-state index in [1.54, 1.807) is 0 Å². The molecule has 0 aliphatic carbocycles. The van der Waals surface area contributed by atoms with Crippen molar-refractivity contribution >= 4 is 0 Å². The molecule has 2 heteroatoms. The molecule has 0 amide bonds. The molecular weight excluding hydrogens is 138 g/mol. The van der Waals surface area contributed by atoms with Gasteiger partial charge in [0.2, 0.25) is 0 Å². The molecule has 2 nitrogen and oxygen atoms in total. The van der Waals surface area contributed by atoms with E-state index in [-0.39, 0.29) is 17.2 Å². The second kappa shape index (κ2) is 2.20. The molecule has 0 aromatic rings. The van der Waals surface area contributed by atoms with Gasteiger partial charge in [0.15, 0.2) is 0 Å². The Hall–Kier alpha value is -0.0800. The highest BCUT2D eigenvalue weighted by molar-refractivity contribution is 5.04. The van der Waals surface area contributed by atoms with Crippen LogP contribution in [0.3, 0.4) is 0 Å². The van der Waals surface area contributed by atoms with Crippen LogP contribution in [0.25, 0.3) is 0 Å². The molecule has 11 heavy (non-hydrogen) atoms. The van der Waals surface area contributed by atoms with Crippen LogP contribution in [0.1, 0.15) is 34.1 Å². The number of aliphatic hydroxyl groups excluding tert-OH is 1. The summed E-state index contributed by atoms with van der Waals surface area (Å²) in [6.45, 7) is 8.52. The van der Waals surface area contributed by atoms with Gasteiger partial charge in [-0.25, -0.2) is 0 Å². The van der Waals surface area contributed by atoms with Crippen molar-refractivity contribution < 1.29 is 5.11 Å². The van der Waals surface area contributed by atoms with Crippen LogP contribution in [0.2, 0.25) is 0 Å². The lowest BCUT2D eigenvalue weighted by Crippen LogP contribution is -2.47. The van der Waals surface area contributed by atoms with Gasteiger partial charge < -0.3 is 5.11 Å². The van der Waals surface area contributed by atoms with E-state index in [1.165, 1.54) is 0 Å². The standard InChI is InChI=1S/C9H19NO/c1-8(2)6-7(11)9(3,4)10(8)5/h7,11H,6H2,1-5H3. The zero-order valence-electron chi connectivity index (χ0n) is 8.18. The summed E-state index contributed by atoms with van der Waals surface area (Å²) in [5, 5.41) is 9.72. The Morgan fingerprint density at radius 3 is 1.82 bits per heavy atom. The van der Waals surface area contributed by atoms with E-state index in [9.17, 15) is 5.11 Å². The molecule has 1 unspecified atom stereocenters. The van der Waals surface area contributed by atoms with Crippen LogP contribution in [-0.4, -0.2) is 34.2 Å². The Kier molecular flexibility index (Phi) is 1.81. The first-order valence-electron chi connectivity index (χ1n) is 4.20. The average molecular weight is 157 g/mol. The van der Waals surface area contributed by atoms with E-state index in [4.69, 9.17) is 0 Å². The Morgan fingerprint density at radius 2 is 1.73 bits per heavy atom. The Balaban J connectivity index is 2.89. The van der Waals surface area contributed by atoms with Gasteiger partial charge in [-0.1, -0.05) is 0 Å². The highest BCUT2D eigenvalue weighted by Crippen LogP contribution is 2.38. The maximum absolute atomic E-state index is 9.72. The molecule has 0 aromatic carbocycles. The molecule has 1 heterocycles. The van der Waals surface area contributed by atoms with Crippen LogP contribution in [-0.2, 0) is 0 Å². The molecule has 0 saturated carbocycles. The third kappa shape index (κ3) is 1.18. The zero-order chi connectivity index (χ0) is 8.86. The van der Waals surface area contributed by atoms with Crippen molar-refractivity contribution in [2.75, 3.05) is 7.05 Å². The predicted octanol–water partition coefficient (Wildman–Crippen LogP) is 1.24. The first kappa shape index (κ1) is 9.01. The number of aliphatic hydroxyl groups is 1. The molecule has 1 saturated heterocycles. The molecule has 1 atom stereocenters. The number of likely N-dealkylation sites (tertiary alicyclic amines) is 1. The van der Waals surface area contributed by atoms with Gasteiger partial charge in [-0.05, 0) is 41.2 Å². The second-order valence-corrected chi connectivity index (χ2v) is 4.75. The number of hydrogen-bond donors (Lipinski definition) is 1. The summed E-state index contributed by atoms with van der Waals surface area (Å²) in [7, 11) is 2.08. The minimum atomic E-state index is -0.192. The lowest BCUT2D eigenvalue weighted by Gasteiger charge is -2.37. The van der Waals surface area contributed by atoms with Crippen molar-refractivity contribution in [1.82, 2.24) is 4.90 Å². The highest BCUT2D eigenvalue weighted by Gasteiger charge is 2.48. The molecular formula is C9H19NO. The monoisotopic (exact) mass is 157 g/mol. The van der Waals surface area contributed by atoms with Crippen molar-refractivity contribution in [3.8, 4) is 0 Å². The summed E-state index contributed by atoms with van der Waals surface area (Å²) in [5.74, 6) is 0. The molecule has 1 aliphatic rings. The van der Waals surface area contributed by atoms with Gasteiger partial charge in [0.25, 0.3) is 0 Å². The van der Waals surface area contributed by atoms with Crippen LogP contribution < -0.4 is 0 Å². The lowest BCUT2D eigenvalue weighted by atomic mass is 9.97. The fourth-order valence-corrected chi connectivity index (χ4v) is 1.86. The van der Waals surface area contributed by atoms with Gasteiger partial charge in [-0.3, -0.25) is 4.90 Å². The topological polar surface area (TPSA) is 23.5 Å². The maximum Gasteiger partial charge on any atom is 0.0736 e. The van der Waals surface area contributed by atoms with Crippen LogP contribution in [0.15, 0.2) is 0 Å².